The van der Waals surface area contributed by atoms with Crippen molar-refractivity contribution in [1.82, 2.24) is 15.1 Å². The Morgan fingerprint density at radius 3 is 2.63 bits per heavy atom. The van der Waals surface area contributed by atoms with E-state index in [0.717, 1.165) is 17.0 Å². The number of carbonyl (C=O) groups excluding carboxylic acids is 1. The predicted molar refractivity (Wildman–Crippen MR) is 75.0 cm³/mol. The van der Waals surface area contributed by atoms with Crippen molar-refractivity contribution in [2.24, 2.45) is 0 Å². The molecule has 0 atom stereocenters. The van der Waals surface area contributed by atoms with Crippen LogP contribution in [0, 0.1) is 20.8 Å². The number of carbonyl (C=O) groups is 1. The molecule has 1 N–H and O–H groups in total. The zero-order valence-corrected chi connectivity index (χ0v) is 11.8. The average Bonchev–Trinajstić information content (AvgIpc) is 2.68. The van der Waals surface area contributed by atoms with Crippen molar-refractivity contribution in [3.8, 4) is 0 Å². The standard InChI is InChI=1S/C15H19N3O/c1-10-6-5-7-13(8-10)9-18(4)15(19)14-11(2)16-17-12(14)3/h5-8H,9H2,1-4H3,(H,16,17). The summed E-state index contributed by atoms with van der Waals surface area (Å²) in [5.74, 6) is 0.00487. The Morgan fingerprint density at radius 2 is 2.05 bits per heavy atom. The zero-order valence-electron chi connectivity index (χ0n) is 11.8. The van der Waals surface area contributed by atoms with Crippen LogP contribution in [0.4, 0.5) is 0 Å². The molecule has 0 fully saturated rings. The van der Waals surface area contributed by atoms with Crippen molar-refractivity contribution in [2.45, 2.75) is 27.3 Å². The van der Waals surface area contributed by atoms with Crippen LogP contribution in [-0.4, -0.2) is 28.1 Å². The highest BCUT2D eigenvalue weighted by molar-refractivity contribution is 5.96. The van der Waals surface area contributed by atoms with Crippen molar-refractivity contribution in [3.63, 3.8) is 0 Å². The molecular formula is C15H19N3O. The lowest BCUT2D eigenvalue weighted by Gasteiger charge is -2.17. The molecule has 0 saturated carbocycles. The van der Waals surface area contributed by atoms with Gasteiger partial charge in [-0.2, -0.15) is 5.10 Å². The topological polar surface area (TPSA) is 49.0 Å². The van der Waals surface area contributed by atoms with Crippen LogP contribution in [0.1, 0.15) is 32.9 Å². The van der Waals surface area contributed by atoms with Crippen LogP contribution in [-0.2, 0) is 6.54 Å². The number of benzene rings is 1. The third-order valence-corrected chi connectivity index (χ3v) is 3.19. The van der Waals surface area contributed by atoms with Gasteiger partial charge in [0.15, 0.2) is 0 Å². The SMILES string of the molecule is Cc1cccc(CN(C)C(=O)c2c(C)n[nH]c2C)c1. The highest BCUT2D eigenvalue weighted by Gasteiger charge is 2.19. The predicted octanol–water partition coefficient (Wildman–Crippen LogP) is 2.61. The number of rotatable bonds is 3. The molecule has 1 heterocycles. The third kappa shape index (κ3) is 2.84. The van der Waals surface area contributed by atoms with Gasteiger partial charge in [0.1, 0.15) is 0 Å². The molecule has 1 aromatic heterocycles. The Hall–Kier alpha value is -2.10. The minimum atomic E-state index is 0.00487. The summed E-state index contributed by atoms with van der Waals surface area (Å²) in [6, 6.07) is 8.19. The summed E-state index contributed by atoms with van der Waals surface area (Å²) in [5, 5.41) is 6.92. The van der Waals surface area contributed by atoms with E-state index in [9.17, 15) is 4.79 Å². The molecule has 2 aromatic rings. The molecule has 1 aromatic carbocycles. The molecule has 0 aliphatic heterocycles. The fraction of sp³-hybridized carbons (Fsp3) is 0.333. The smallest absolute Gasteiger partial charge is 0.257 e. The second-order valence-corrected chi connectivity index (χ2v) is 4.96. The number of aromatic nitrogens is 2. The Bertz CT molecular complexity index is 582. The first-order chi connectivity index (χ1) is 8.99. The maximum Gasteiger partial charge on any atom is 0.257 e. The van der Waals surface area contributed by atoms with Gasteiger partial charge < -0.3 is 4.90 Å². The number of aryl methyl sites for hydroxylation is 3. The Labute approximate surface area is 113 Å². The average molecular weight is 257 g/mol. The van der Waals surface area contributed by atoms with Gasteiger partial charge in [0.25, 0.3) is 5.91 Å². The number of amides is 1. The highest BCUT2D eigenvalue weighted by Crippen LogP contribution is 2.14. The first-order valence-corrected chi connectivity index (χ1v) is 6.31. The summed E-state index contributed by atoms with van der Waals surface area (Å²) in [7, 11) is 1.82. The molecule has 19 heavy (non-hydrogen) atoms. The largest absolute Gasteiger partial charge is 0.337 e. The molecule has 0 aliphatic rings. The van der Waals surface area contributed by atoms with Gasteiger partial charge in [-0.05, 0) is 26.3 Å². The minimum absolute atomic E-state index is 0.00487. The molecule has 1 amide bonds. The third-order valence-electron chi connectivity index (χ3n) is 3.19. The van der Waals surface area contributed by atoms with Gasteiger partial charge in [-0.1, -0.05) is 29.8 Å². The van der Waals surface area contributed by atoms with E-state index in [-0.39, 0.29) is 5.91 Å². The summed E-state index contributed by atoms with van der Waals surface area (Å²) >= 11 is 0. The number of nitrogens with one attached hydrogen (secondary N) is 1. The van der Waals surface area contributed by atoms with Crippen molar-refractivity contribution in [1.29, 1.82) is 0 Å². The van der Waals surface area contributed by atoms with E-state index < -0.39 is 0 Å². The molecule has 2 rings (SSSR count). The summed E-state index contributed by atoms with van der Waals surface area (Å²) in [6.45, 7) is 6.37. The highest BCUT2D eigenvalue weighted by atomic mass is 16.2. The number of hydrogen-bond donors (Lipinski definition) is 1. The van der Waals surface area contributed by atoms with Gasteiger partial charge in [0, 0.05) is 19.3 Å². The molecular weight excluding hydrogens is 238 g/mol. The second kappa shape index (κ2) is 5.26. The maximum absolute atomic E-state index is 12.4. The maximum atomic E-state index is 12.4. The van der Waals surface area contributed by atoms with Crippen molar-refractivity contribution >= 4 is 5.91 Å². The van der Waals surface area contributed by atoms with Gasteiger partial charge in [0.05, 0.1) is 11.3 Å². The monoisotopic (exact) mass is 257 g/mol. The van der Waals surface area contributed by atoms with Crippen LogP contribution in [0.3, 0.4) is 0 Å². The Kier molecular flexibility index (Phi) is 3.69. The van der Waals surface area contributed by atoms with Crippen LogP contribution in [0.15, 0.2) is 24.3 Å². The van der Waals surface area contributed by atoms with E-state index in [0.29, 0.717) is 12.1 Å². The van der Waals surface area contributed by atoms with Crippen LogP contribution in [0.2, 0.25) is 0 Å². The van der Waals surface area contributed by atoms with E-state index in [1.165, 1.54) is 5.56 Å². The molecule has 0 bridgehead atoms. The summed E-state index contributed by atoms with van der Waals surface area (Å²) < 4.78 is 0. The van der Waals surface area contributed by atoms with Gasteiger partial charge in [-0.15, -0.1) is 0 Å². The molecule has 0 radical (unpaired) electrons. The van der Waals surface area contributed by atoms with Gasteiger partial charge in [-0.25, -0.2) is 0 Å². The quantitative estimate of drug-likeness (QED) is 0.918. The molecule has 0 aliphatic carbocycles. The number of hydrogen-bond acceptors (Lipinski definition) is 2. The molecule has 100 valence electrons. The van der Waals surface area contributed by atoms with Crippen molar-refractivity contribution in [3.05, 3.63) is 52.3 Å². The number of H-pyrrole nitrogens is 1. The number of nitrogens with zero attached hydrogens (tertiary/aromatic N) is 2. The normalized spacial score (nSPS) is 10.5. The lowest BCUT2D eigenvalue weighted by atomic mass is 10.1. The first-order valence-electron chi connectivity index (χ1n) is 6.31. The van der Waals surface area contributed by atoms with E-state index >= 15 is 0 Å². The van der Waals surface area contributed by atoms with E-state index in [1.807, 2.05) is 33.0 Å². The van der Waals surface area contributed by atoms with Crippen molar-refractivity contribution < 1.29 is 4.79 Å². The fourth-order valence-corrected chi connectivity index (χ4v) is 2.21. The number of aromatic amines is 1. The first kappa shape index (κ1) is 13.3. The molecule has 0 spiro atoms. The molecule has 4 heteroatoms. The summed E-state index contributed by atoms with van der Waals surface area (Å²) in [5.41, 5.74) is 4.58. The lowest BCUT2D eigenvalue weighted by Crippen LogP contribution is -2.27. The summed E-state index contributed by atoms with van der Waals surface area (Å²) in [6.07, 6.45) is 0. The van der Waals surface area contributed by atoms with Crippen LogP contribution < -0.4 is 0 Å². The van der Waals surface area contributed by atoms with Crippen LogP contribution in [0.5, 0.6) is 0 Å². The lowest BCUT2D eigenvalue weighted by molar-refractivity contribution is 0.0783. The van der Waals surface area contributed by atoms with Gasteiger partial charge >= 0.3 is 0 Å². The molecule has 4 nitrogen and oxygen atoms in total. The zero-order chi connectivity index (χ0) is 14.0. The van der Waals surface area contributed by atoms with E-state index in [2.05, 4.69) is 29.3 Å². The second-order valence-electron chi connectivity index (χ2n) is 4.96. The van der Waals surface area contributed by atoms with Gasteiger partial charge in [0.2, 0.25) is 0 Å². The Balaban J connectivity index is 2.16. The van der Waals surface area contributed by atoms with Crippen LogP contribution in [0.25, 0.3) is 0 Å². The van der Waals surface area contributed by atoms with Gasteiger partial charge in [-0.3, -0.25) is 9.89 Å². The molecule has 0 saturated heterocycles. The Morgan fingerprint density at radius 1 is 1.32 bits per heavy atom. The fourth-order valence-electron chi connectivity index (χ4n) is 2.21. The summed E-state index contributed by atoms with van der Waals surface area (Å²) in [4.78, 5) is 14.1. The molecule has 0 unspecified atom stereocenters. The van der Waals surface area contributed by atoms with E-state index in [4.69, 9.17) is 0 Å². The van der Waals surface area contributed by atoms with Crippen molar-refractivity contribution in [2.75, 3.05) is 7.05 Å². The minimum Gasteiger partial charge on any atom is -0.337 e. The van der Waals surface area contributed by atoms with Crippen LogP contribution >= 0.6 is 0 Å². The van der Waals surface area contributed by atoms with E-state index in [1.54, 1.807) is 4.90 Å².